The molecule has 1 unspecified atom stereocenters. The van der Waals surface area contributed by atoms with Gasteiger partial charge in [0.05, 0.1) is 13.2 Å². The normalized spacial score (nSPS) is 16.0. The molecule has 0 radical (unpaired) electrons. The summed E-state index contributed by atoms with van der Waals surface area (Å²) in [6.07, 6.45) is 4.65. The number of benzene rings is 2. The molecule has 4 rings (SSSR count). The molecule has 26 heavy (non-hydrogen) atoms. The molecular formula is C22H22N2O2. The Kier molecular flexibility index (Phi) is 4.84. The first kappa shape index (κ1) is 16.6. The molecule has 4 heteroatoms. The maximum absolute atomic E-state index is 6.10. The first-order chi connectivity index (χ1) is 12.8. The van der Waals surface area contributed by atoms with Gasteiger partial charge in [0.15, 0.2) is 11.5 Å². The molecule has 3 aromatic rings. The molecule has 0 aliphatic carbocycles. The number of hydrogen-bond donors (Lipinski definition) is 1. The summed E-state index contributed by atoms with van der Waals surface area (Å²) in [7, 11) is 1.69. The fourth-order valence-electron chi connectivity index (χ4n) is 3.43. The van der Waals surface area contributed by atoms with Crippen LogP contribution in [0.1, 0.15) is 28.3 Å². The van der Waals surface area contributed by atoms with Crippen LogP contribution in [-0.4, -0.2) is 18.6 Å². The predicted octanol–water partition coefficient (Wildman–Crippen LogP) is 3.90. The van der Waals surface area contributed by atoms with Crippen LogP contribution in [0.4, 0.5) is 0 Å². The van der Waals surface area contributed by atoms with Gasteiger partial charge in [-0.3, -0.25) is 4.98 Å². The van der Waals surface area contributed by atoms with Crippen molar-refractivity contribution in [3.63, 3.8) is 0 Å². The van der Waals surface area contributed by atoms with E-state index < -0.39 is 0 Å². The third-order valence-corrected chi connectivity index (χ3v) is 4.76. The number of rotatable bonds is 5. The SMILES string of the molecule is COc1cc2c(cc1OCc1ccccc1)C(c1ccncc1)NCC2. The molecule has 1 aliphatic rings. The van der Waals surface area contributed by atoms with Crippen molar-refractivity contribution in [1.29, 1.82) is 0 Å². The van der Waals surface area contributed by atoms with E-state index in [0.717, 1.165) is 30.0 Å². The van der Waals surface area contributed by atoms with Crippen LogP contribution in [0.5, 0.6) is 11.5 Å². The van der Waals surface area contributed by atoms with Gasteiger partial charge in [0, 0.05) is 18.9 Å². The molecule has 4 nitrogen and oxygen atoms in total. The first-order valence-corrected chi connectivity index (χ1v) is 8.86. The minimum atomic E-state index is 0.145. The lowest BCUT2D eigenvalue weighted by Crippen LogP contribution is -2.30. The summed E-state index contributed by atoms with van der Waals surface area (Å²) in [6, 6.07) is 18.7. The number of aromatic nitrogens is 1. The third kappa shape index (κ3) is 3.41. The monoisotopic (exact) mass is 346 g/mol. The second kappa shape index (κ2) is 7.58. The summed E-state index contributed by atoms with van der Waals surface area (Å²) in [5.41, 5.74) is 4.89. The largest absolute Gasteiger partial charge is 0.493 e. The molecule has 1 atom stereocenters. The van der Waals surface area contributed by atoms with Crippen LogP contribution in [0.3, 0.4) is 0 Å². The Morgan fingerprint density at radius 3 is 2.62 bits per heavy atom. The molecule has 1 aromatic heterocycles. The van der Waals surface area contributed by atoms with E-state index in [0.29, 0.717) is 6.61 Å². The van der Waals surface area contributed by atoms with E-state index in [1.807, 2.05) is 30.6 Å². The number of hydrogen-bond acceptors (Lipinski definition) is 4. The van der Waals surface area contributed by atoms with Gasteiger partial charge < -0.3 is 14.8 Å². The number of pyridine rings is 1. The highest BCUT2D eigenvalue weighted by Crippen LogP contribution is 2.37. The van der Waals surface area contributed by atoms with Crippen molar-refractivity contribution in [1.82, 2.24) is 10.3 Å². The van der Waals surface area contributed by atoms with Crippen molar-refractivity contribution < 1.29 is 9.47 Å². The van der Waals surface area contributed by atoms with Gasteiger partial charge in [-0.15, -0.1) is 0 Å². The lowest BCUT2D eigenvalue weighted by atomic mass is 9.90. The highest BCUT2D eigenvalue weighted by molar-refractivity contribution is 5.51. The van der Waals surface area contributed by atoms with Gasteiger partial charge in [0.25, 0.3) is 0 Å². The zero-order valence-electron chi connectivity index (χ0n) is 14.8. The number of methoxy groups -OCH3 is 1. The van der Waals surface area contributed by atoms with Gasteiger partial charge in [-0.1, -0.05) is 30.3 Å². The van der Waals surface area contributed by atoms with Crippen molar-refractivity contribution in [2.24, 2.45) is 0 Å². The van der Waals surface area contributed by atoms with Gasteiger partial charge in [-0.05, 0) is 52.9 Å². The zero-order chi connectivity index (χ0) is 17.8. The number of nitrogens with zero attached hydrogens (tertiary/aromatic N) is 1. The summed E-state index contributed by atoms with van der Waals surface area (Å²) >= 11 is 0. The van der Waals surface area contributed by atoms with E-state index >= 15 is 0 Å². The average Bonchev–Trinajstić information content (AvgIpc) is 2.72. The van der Waals surface area contributed by atoms with Gasteiger partial charge in [0.2, 0.25) is 0 Å². The Morgan fingerprint density at radius 1 is 1.04 bits per heavy atom. The van der Waals surface area contributed by atoms with Gasteiger partial charge >= 0.3 is 0 Å². The molecule has 2 heterocycles. The molecule has 0 amide bonds. The van der Waals surface area contributed by atoms with Crippen molar-refractivity contribution in [2.45, 2.75) is 19.1 Å². The van der Waals surface area contributed by atoms with Gasteiger partial charge in [-0.25, -0.2) is 0 Å². The Labute approximate surface area is 153 Å². The highest BCUT2D eigenvalue weighted by Gasteiger charge is 2.24. The molecule has 0 spiro atoms. The van der Waals surface area contributed by atoms with Gasteiger partial charge in [-0.2, -0.15) is 0 Å². The molecule has 0 bridgehead atoms. The standard InChI is InChI=1S/C22H22N2O2/c1-25-20-13-18-9-12-24-22(17-7-10-23-11-8-17)19(18)14-21(20)26-15-16-5-3-2-4-6-16/h2-8,10-11,13-14,22,24H,9,12,15H2,1H3. The molecule has 2 aromatic carbocycles. The van der Waals surface area contributed by atoms with Crippen LogP contribution in [-0.2, 0) is 13.0 Å². The Morgan fingerprint density at radius 2 is 1.85 bits per heavy atom. The van der Waals surface area contributed by atoms with E-state index in [9.17, 15) is 0 Å². The van der Waals surface area contributed by atoms with Crippen LogP contribution in [0.2, 0.25) is 0 Å². The lowest BCUT2D eigenvalue weighted by Gasteiger charge is -2.28. The highest BCUT2D eigenvalue weighted by atomic mass is 16.5. The predicted molar refractivity (Wildman–Crippen MR) is 102 cm³/mol. The van der Waals surface area contributed by atoms with Crippen molar-refractivity contribution >= 4 is 0 Å². The van der Waals surface area contributed by atoms with Crippen LogP contribution in [0, 0.1) is 0 Å². The maximum Gasteiger partial charge on any atom is 0.162 e. The summed E-state index contributed by atoms with van der Waals surface area (Å²) in [4.78, 5) is 4.13. The molecule has 0 saturated heterocycles. The van der Waals surface area contributed by atoms with E-state index in [4.69, 9.17) is 9.47 Å². The number of fused-ring (bicyclic) bond motifs is 1. The second-order valence-electron chi connectivity index (χ2n) is 6.39. The minimum absolute atomic E-state index is 0.145. The van der Waals surface area contributed by atoms with Crippen LogP contribution in [0.25, 0.3) is 0 Å². The van der Waals surface area contributed by atoms with Crippen molar-refractivity contribution in [2.75, 3.05) is 13.7 Å². The smallest absolute Gasteiger partial charge is 0.162 e. The summed E-state index contributed by atoms with van der Waals surface area (Å²) < 4.78 is 11.7. The topological polar surface area (TPSA) is 43.4 Å². The average molecular weight is 346 g/mol. The zero-order valence-corrected chi connectivity index (χ0v) is 14.8. The fraction of sp³-hybridized carbons (Fsp3) is 0.227. The van der Waals surface area contributed by atoms with Gasteiger partial charge in [0.1, 0.15) is 6.61 Å². The quantitative estimate of drug-likeness (QED) is 0.761. The molecule has 0 saturated carbocycles. The molecule has 1 N–H and O–H groups in total. The Balaban J connectivity index is 1.67. The van der Waals surface area contributed by atoms with E-state index in [1.54, 1.807) is 7.11 Å². The Bertz CT molecular complexity index is 866. The molecule has 132 valence electrons. The van der Waals surface area contributed by atoms with Crippen LogP contribution >= 0.6 is 0 Å². The third-order valence-electron chi connectivity index (χ3n) is 4.76. The van der Waals surface area contributed by atoms with E-state index in [2.05, 4.69) is 46.7 Å². The maximum atomic E-state index is 6.10. The van der Waals surface area contributed by atoms with Crippen LogP contribution in [0.15, 0.2) is 67.0 Å². The van der Waals surface area contributed by atoms with E-state index in [1.165, 1.54) is 16.7 Å². The molecular weight excluding hydrogens is 324 g/mol. The Hall–Kier alpha value is -2.85. The first-order valence-electron chi connectivity index (χ1n) is 8.86. The summed E-state index contributed by atoms with van der Waals surface area (Å²) in [5, 5.41) is 3.61. The number of ether oxygens (including phenoxy) is 2. The second-order valence-corrected chi connectivity index (χ2v) is 6.39. The summed E-state index contributed by atoms with van der Waals surface area (Å²) in [6.45, 7) is 1.46. The fourth-order valence-corrected chi connectivity index (χ4v) is 3.43. The van der Waals surface area contributed by atoms with Crippen molar-refractivity contribution in [3.8, 4) is 11.5 Å². The van der Waals surface area contributed by atoms with Crippen LogP contribution < -0.4 is 14.8 Å². The molecule has 0 fully saturated rings. The molecule has 1 aliphatic heterocycles. The minimum Gasteiger partial charge on any atom is -0.493 e. The number of nitrogens with one attached hydrogen (secondary N) is 1. The van der Waals surface area contributed by atoms with Crippen molar-refractivity contribution in [3.05, 3.63) is 89.2 Å². The summed E-state index contributed by atoms with van der Waals surface area (Å²) in [5.74, 6) is 1.56. The lowest BCUT2D eigenvalue weighted by molar-refractivity contribution is 0.283. The van der Waals surface area contributed by atoms with E-state index in [-0.39, 0.29) is 6.04 Å².